The van der Waals surface area contributed by atoms with E-state index in [1.807, 2.05) is 11.3 Å². The number of rotatable bonds is 3. The van der Waals surface area contributed by atoms with Gasteiger partial charge in [-0.15, -0.1) is 11.3 Å². The van der Waals surface area contributed by atoms with Gasteiger partial charge >= 0.3 is 0 Å². The van der Waals surface area contributed by atoms with Crippen molar-refractivity contribution in [2.24, 2.45) is 0 Å². The third-order valence-electron chi connectivity index (χ3n) is 2.91. The fraction of sp³-hybridized carbons (Fsp3) is 0.600. The van der Waals surface area contributed by atoms with Gasteiger partial charge in [0.05, 0.1) is 28.6 Å². The molecule has 76 valence electrons. The second-order valence-corrected chi connectivity index (χ2v) is 6.53. The second kappa shape index (κ2) is 3.30. The van der Waals surface area contributed by atoms with Gasteiger partial charge in [0.2, 0.25) is 0 Å². The standard InChI is InChI=1S/C10H12BrNOS/c11-9-2-1-8(14-9)10(3-4-10)12-7-5-13-6-7/h1-2,7,12H,3-6H2. The van der Waals surface area contributed by atoms with Crippen LogP contribution in [0.1, 0.15) is 17.7 Å². The first-order valence-electron chi connectivity index (χ1n) is 4.90. The molecule has 1 aromatic heterocycles. The molecule has 2 aliphatic rings. The van der Waals surface area contributed by atoms with E-state index >= 15 is 0 Å². The quantitative estimate of drug-likeness (QED) is 0.914. The molecule has 3 rings (SSSR count). The number of ether oxygens (including phenoxy) is 1. The summed E-state index contributed by atoms with van der Waals surface area (Å²) in [6.45, 7) is 1.77. The molecule has 0 aromatic carbocycles. The van der Waals surface area contributed by atoms with Gasteiger partial charge in [-0.25, -0.2) is 0 Å². The molecule has 0 spiro atoms. The van der Waals surface area contributed by atoms with Gasteiger partial charge in [0.1, 0.15) is 0 Å². The van der Waals surface area contributed by atoms with Crippen molar-refractivity contribution in [2.45, 2.75) is 24.4 Å². The molecule has 4 heteroatoms. The van der Waals surface area contributed by atoms with Gasteiger partial charge in [0.15, 0.2) is 0 Å². The Morgan fingerprint density at radius 2 is 2.21 bits per heavy atom. The van der Waals surface area contributed by atoms with Crippen molar-refractivity contribution < 1.29 is 4.74 Å². The first-order chi connectivity index (χ1) is 6.78. The van der Waals surface area contributed by atoms with Crippen LogP contribution in [0.25, 0.3) is 0 Å². The fourth-order valence-corrected chi connectivity index (χ4v) is 3.46. The van der Waals surface area contributed by atoms with E-state index in [0.29, 0.717) is 11.6 Å². The van der Waals surface area contributed by atoms with Crippen LogP contribution in [0.2, 0.25) is 0 Å². The van der Waals surface area contributed by atoms with Gasteiger partial charge in [-0.05, 0) is 40.9 Å². The smallest absolute Gasteiger partial charge is 0.0702 e. The second-order valence-electron chi connectivity index (χ2n) is 4.06. The third kappa shape index (κ3) is 1.54. The summed E-state index contributed by atoms with van der Waals surface area (Å²) in [5.74, 6) is 0. The summed E-state index contributed by atoms with van der Waals surface area (Å²) in [6.07, 6.45) is 2.55. The highest BCUT2D eigenvalue weighted by Crippen LogP contribution is 2.49. The Balaban J connectivity index is 1.75. The van der Waals surface area contributed by atoms with Crippen molar-refractivity contribution in [1.29, 1.82) is 0 Å². The van der Waals surface area contributed by atoms with E-state index in [0.717, 1.165) is 13.2 Å². The molecule has 0 atom stereocenters. The maximum absolute atomic E-state index is 5.18. The highest BCUT2D eigenvalue weighted by atomic mass is 79.9. The van der Waals surface area contributed by atoms with Crippen molar-refractivity contribution in [3.8, 4) is 0 Å². The van der Waals surface area contributed by atoms with Crippen molar-refractivity contribution in [3.05, 3.63) is 20.8 Å². The van der Waals surface area contributed by atoms with E-state index in [9.17, 15) is 0 Å². The van der Waals surface area contributed by atoms with Gasteiger partial charge in [0.25, 0.3) is 0 Å². The largest absolute Gasteiger partial charge is 0.378 e. The summed E-state index contributed by atoms with van der Waals surface area (Å²) in [5.41, 5.74) is 0.297. The minimum absolute atomic E-state index is 0.297. The van der Waals surface area contributed by atoms with Crippen molar-refractivity contribution in [2.75, 3.05) is 13.2 Å². The summed E-state index contributed by atoms with van der Waals surface area (Å²) in [5, 5.41) is 3.70. The molecule has 0 radical (unpaired) electrons. The van der Waals surface area contributed by atoms with Crippen molar-refractivity contribution in [1.82, 2.24) is 5.32 Å². The summed E-state index contributed by atoms with van der Waals surface area (Å²) < 4.78 is 6.41. The van der Waals surface area contributed by atoms with E-state index in [1.165, 1.54) is 21.5 Å². The van der Waals surface area contributed by atoms with Gasteiger partial charge < -0.3 is 4.74 Å². The Morgan fingerprint density at radius 1 is 1.43 bits per heavy atom. The Morgan fingerprint density at radius 3 is 2.64 bits per heavy atom. The van der Waals surface area contributed by atoms with Crippen LogP contribution in [0.5, 0.6) is 0 Å². The zero-order valence-corrected chi connectivity index (χ0v) is 10.2. The Bertz CT molecular complexity index is 344. The molecule has 0 unspecified atom stereocenters. The molecule has 1 N–H and O–H groups in total. The average Bonchev–Trinajstić information content (AvgIpc) is 2.76. The van der Waals surface area contributed by atoms with Crippen LogP contribution in [-0.2, 0) is 10.3 Å². The van der Waals surface area contributed by atoms with E-state index in [4.69, 9.17) is 4.74 Å². The predicted octanol–water partition coefficient (Wildman–Crippen LogP) is 2.49. The van der Waals surface area contributed by atoms with Crippen molar-refractivity contribution >= 4 is 27.3 Å². The van der Waals surface area contributed by atoms with E-state index in [1.54, 1.807) is 0 Å². The van der Waals surface area contributed by atoms with Gasteiger partial charge in [-0.3, -0.25) is 5.32 Å². The first kappa shape index (κ1) is 9.33. The van der Waals surface area contributed by atoms with Crippen LogP contribution in [0, 0.1) is 0 Å². The molecular weight excluding hydrogens is 262 g/mol. The predicted molar refractivity (Wildman–Crippen MR) is 60.7 cm³/mol. The summed E-state index contributed by atoms with van der Waals surface area (Å²) in [7, 11) is 0. The van der Waals surface area contributed by atoms with E-state index in [2.05, 4.69) is 33.4 Å². The van der Waals surface area contributed by atoms with Crippen LogP contribution in [-0.4, -0.2) is 19.3 Å². The van der Waals surface area contributed by atoms with Gasteiger partial charge in [-0.2, -0.15) is 0 Å². The molecule has 1 saturated carbocycles. The van der Waals surface area contributed by atoms with Crippen LogP contribution < -0.4 is 5.32 Å². The number of nitrogens with one attached hydrogen (secondary N) is 1. The summed E-state index contributed by atoms with van der Waals surface area (Å²) in [6, 6.07) is 4.95. The van der Waals surface area contributed by atoms with Gasteiger partial charge in [0, 0.05) is 4.88 Å². The summed E-state index contributed by atoms with van der Waals surface area (Å²) >= 11 is 5.36. The van der Waals surface area contributed by atoms with Crippen LogP contribution in [0.4, 0.5) is 0 Å². The molecule has 0 bridgehead atoms. The zero-order chi connectivity index (χ0) is 9.60. The highest BCUT2D eigenvalue weighted by molar-refractivity contribution is 9.11. The molecule has 2 fully saturated rings. The topological polar surface area (TPSA) is 21.3 Å². The molecule has 1 aromatic rings. The lowest BCUT2D eigenvalue weighted by Crippen LogP contribution is -2.50. The maximum Gasteiger partial charge on any atom is 0.0702 e. The SMILES string of the molecule is Brc1ccc(C2(NC3COC3)CC2)s1. The Hall–Kier alpha value is 0.1000. The Kier molecular flexibility index (Phi) is 2.20. The number of halogens is 1. The first-order valence-corrected chi connectivity index (χ1v) is 6.51. The molecule has 1 saturated heterocycles. The number of hydrogen-bond donors (Lipinski definition) is 1. The third-order valence-corrected chi connectivity index (χ3v) is 4.74. The highest BCUT2D eigenvalue weighted by Gasteiger charge is 2.47. The summed E-state index contributed by atoms with van der Waals surface area (Å²) in [4.78, 5) is 1.47. The maximum atomic E-state index is 5.18. The molecule has 1 aliphatic carbocycles. The number of hydrogen-bond acceptors (Lipinski definition) is 3. The normalized spacial score (nSPS) is 24.6. The van der Waals surface area contributed by atoms with E-state index < -0.39 is 0 Å². The van der Waals surface area contributed by atoms with Gasteiger partial charge in [-0.1, -0.05) is 0 Å². The fourth-order valence-electron chi connectivity index (χ4n) is 1.87. The lowest BCUT2D eigenvalue weighted by Gasteiger charge is -2.31. The molecule has 14 heavy (non-hydrogen) atoms. The molecule has 0 amide bonds. The van der Waals surface area contributed by atoms with Crippen molar-refractivity contribution in [3.63, 3.8) is 0 Å². The lowest BCUT2D eigenvalue weighted by molar-refractivity contribution is -0.0118. The lowest BCUT2D eigenvalue weighted by atomic mass is 10.1. The molecule has 1 aliphatic heterocycles. The van der Waals surface area contributed by atoms with Crippen LogP contribution in [0.15, 0.2) is 15.9 Å². The minimum atomic E-state index is 0.297. The number of thiophene rings is 1. The molecule has 2 nitrogen and oxygen atoms in total. The molecule has 2 heterocycles. The van der Waals surface area contributed by atoms with E-state index in [-0.39, 0.29) is 0 Å². The van der Waals surface area contributed by atoms with Crippen LogP contribution in [0.3, 0.4) is 0 Å². The average molecular weight is 274 g/mol. The molecular formula is C10H12BrNOS. The van der Waals surface area contributed by atoms with Crippen LogP contribution >= 0.6 is 27.3 Å². The monoisotopic (exact) mass is 273 g/mol. The minimum Gasteiger partial charge on any atom is -0.378 e. The Labute approximate surface area is 95.8 Å². The zero-order valence-electron chi connectivity index (χ0n) is 7.75.